The summed E-state index contributed by atoms with van der Waals surface area (Å²) >= 11 is 0. The zero-order valence-electron chi connectivity index (χ0n) is 69.1. The third kappa shape index (κ3) is 23.8. The van der Waals surface area contributed by atoms with Gasteiger partial charge < -0.3 is 75.8 Å². The van der Waals surface area contributed by atoms with Gasteiger partial charge in [0.1, 0.15) is 72.0 Å². The Bertz CT molecular complexity index is 3540. The third-order valence-corrected chi connectivity index (χ3v) is 22.0. The molecule has 0 aliphatic carbocycles. The summed E-state index contributed by atoms with van der Waals surface area (Å²) in [5, 5.41) is 25.4. The molecule has 3 aliphatic heterocycles. The number of likely N-dealkylation sites (N-methyl/N-ethyl adjacent to an activating group) is 7. The van der Waals surface area contributed by atoms with Crippen LogP contribution in [0.5, 0.6) is 0 Å². The van der Waals surface area contributed by atoms with E-state index >= 15 is 33.6 Å². The van der Waals surface area contributed by atoms with Crippen LogP contribution in [0.1, 0.15) is 172 Å². The van der Waals surface area contributed by atoms with Crippen molar-refractivity contribution in [3.63, 3.8) is 0 Å². The Morgan fingerprint density at radius 1 is 0.482 bits per heavy atom. The van der Waals surface area contributed by atoms with E-state index in [0.717, 1.165) is 11.3 Å². The number of rotatable bonds is 15. The van der Waals surface area contributed by atoms with Crippen LogP contribution in [0.15, 0.2) is 60.7 Å². The molecule has 612 valence electrons. The summed E-state index contributed by atoms with van der Waals surface area (Å²) in [6.45, 7) is 23.9. The molecule has 29 nitrogen and oxygen atoms in total. The quantitative estimate of drug-likeness (QED) is 0.149. The third-order valence-electron chi connectivity index (χ3n) is 22.0. The normalized spacial score (nSPS) is 27.3. The van der Waals surface area contributed by atoms with Crippen LogP contribution in [-0.4, -0.2) is 286 Å². The first kappa shape index (κ1) is 91.6. The first-order valence-corrected chi connectivity index (χ1v) is 39.2. The predicted molar refractivity (Wildman–Crippen MR) is 417 cm³/mol. The summed E-state index contributed by atoms with van der Waals surface area (Å²) in [4.78, 5) is 221. The van der Waals surface area contributed by atoms with Crippen molar-refractivity contribution in [2.45, 2.75) is 252 Å². The molecule has 14 atom stereocenters. The van der Waals surface area contributed by atoms with E-state index in [2.05, 4.69) is 26.6 Å². The van der Waals surface area contributed by atoms with E-state index < -0.39 is 186 Å². The number of amides is 14. The van der Waals surface area contributed by atoms with Gasteiger partial charge in [-0.25, -0.2) is 0 Å². The number of aliphatic hydroxyl groups is 1. The molecule has 2 aromatic carbocycles. The second-order valence-electron chi connectivity index (χ2n) is 32.6. The molecule has 0 saturated carbocycles. The fraction of sp³-hybridized carbons (Fsp3) is 0.679. The Kier molecular flexibility index (Phi) is 34.4. The highest BCUT2D eigenvalue weighted by Gasteiger charge is 2.51. The number of hydrogen-bond acceptors (Lipinski definition) is 15. The lowest BCUT2D eigenvalue weighted by Gasteiger charge is -2.40. The van der Waals surface area contributed by atoms with Crippen molar-refractivity contribution in [2.75, 3.05) is 75.5 Å². The van der Waals surface area contributed by atoms with Gasteiger partial charge in [-0.3, -0.25) is 67.1 Å². The lowest BCUT2D eigenvalue weighted by Crippen LogP contribution is -2.64. The number of benzene rings is 2. The molecule has 3 fully saturated rings. The van der Waals surface area contributed by atoms with Crippen LogP contribution in [0, 0.1) is 29.6 Å². The Hall–Kier alpha value is -9.02. The molecule has 0 bridgehead atoms. The van der Waals surface area contributed by atoms with Crippen LogP contribution in [-0.2, 0) is 80.0 Å². The molecule has 29 heteroatoms. The van der Waals surface area contributed by atoms with E-state index in [1.54, 1.807) is 86.3 Å². The first-order chi connectivity index (χ1) is 51.5. The van der Waals surface area contributed by atoms with Crippen molar-refractivity contribution in [3.8, 4) is 0 Å². The van der Waals surface area contributed by atoms with E-state index in [4.69, 9.17) is 0 Å². The molecule has 0 radical (unpaired) electrons. The minimum Gasteiger partial charge on any atom is -0.391 e. The smallest absolute Gasteiger partial charge is 0.248 e. The maximum atomic E-state index is 15.6. The predicted octanol–water partition coefficient (Wildman–Crippen LogP) is 3.37. The molecule has 1 unspecified atom stereocenters. The molecule has 5 rings (SSSR count). The van der Waals surface area contributed by atoms with E-state index in [9.17, 15) is 38.7 Å². The number of hydrogen-bond donors (Lipinski definition) is 6. The number of carbonyl (C=O) groups is 14. The molecule has 3 saturated heterocycles. The van der Waals surface area contributed by atoms with Crippen LogP contribution >= 0.6 is 0 Å². The number of nitrogens with one attached hydrogen (secondary N) is 5. The summed E-state index contributed by atoms with van der Waals surface area (Å²) in [5.74, 6) is -11.8. The average molecular weight is 1540 g/mol. The SMILES string of the molecule is CC[C@H](C)[C@H]1C(=O)N[C@@H](C)C(=O)N(C)[C@@H](Cc2ccccc2)C(=O)N(C)[C@@H](Cc2ccccc2)C(=O)N[C@@H]([C@@H](C)O)C(=O)N(C)[C@@H](CC(C)C)C(=O)N2CCCC2(C)C(=O)N[C@H](C(=O)N2CCCCC2)CC(=O)N[C@@H](C)C(=O)N[C@@H](C(C)C)C(=O)N(C)[C@@H](CC(C)C)C(=O)N(C)CC(=O)N(C)[C@@H](CC(C)C)C(=O)N1C. The molecule has 3 aliphatic rings. The highest BCUT2D eigenvalue weighted by Crippen LogP contribution is 2.33. The maximum Gasteiger partial charge on any atom is 0.248 e. The van der Waals surface area contributed by atoms with Crippen molar-refractivity contribution in [1.82, 2.24) is 70.7 Å². The van der Waals surface area contributed by atoms with Gasteiger partial charge in [-0.1, -0.05) is 136 Å². The molecule has 3 heterocycles. The second kappa shape index (κ2) is 41.3. The van der Waals surface area contributed by atoms with Crippen molar-refractivity contribution >= 4 is 82.7 Å². The molecule has 2 aromatic rings. The van der Waals surface area contributed by atoms with Crippen LogP contribution in [0.4, 0.5) is 0 Å². The Morgan fingerprint density at radius 3 is 1.45 bits per heavy atom. The fourth-order valence-corrected chi connectivity index (χ4v) is 14.8. The fourth-order valence-electron chi connectivity index (χ4n) is 14.8. The van der Waals surface area contributed by atoms with Crippen molar-refractivity contribution in [1.29, 1.82) is 0 Å². The van der Waals surface area contributed by atoms with Gasteiger partial charge in [0.05, 0.1) is 19.1 Å². The molecular weight excluding hydrogens is 1410 g/mol. The first-order valence-electron chi connectivity index (χ1n) is 39.2. The van der Waals surface area contributed by atoms with Gasteiger partial charge in [0, 0.05) is 81.8 Å². The minimum absolute atomic E-state index is 0.0344. The molecular formula is C81H128N14O15. The summed E-state index contributed by atoms with van der Waals surface area (Å²) < 4.78 is 0. The van der Waals surface area contributed by atoms with Crippen molar-refractivity contribution in [3.05, 3.63) is 71.8 Å². The number of nitrogens with zero attached hydrogens (tertiary/aromatic N) is 9. The van der Waals surface area contributed by atoms with Gasteiger partial charge in [0.2, 0.25) is 82.7 Å². The zero-order valence-corrected chi connectivity index (χ0v) is 69.1. The summed E-state index contributed by atoms with van der Waals surface area (Å²) in [6.07, 6.45) is 0.774. The highest BCUT2D eigenvalue weighted by atomic mass is 16.3. The van der Waals surface area contributed by atoms with Crippen LogP contribution in [0.25, 0.3) is 0 Å². The topological polar surface area (TPSA) is 349 Å². The number of carbonyl (C=O) groups excluding carboxylic acids is 14. The van der Waals surface area contributed by atoms with Gasteiger partial charge >= 0.3 is 0 Å². The zero-order chi connectivity index (χ0) is 82.7. The summed E-state index contributed by atoms with van der Waals surface area (Å²) in [5.41, 5.74) is -0.451. The van der Waals surface area contributed by atoms with Crippen LogP contribution in [0.3, 0.4) is 0 Å². The second-order valence-corrected chi connectivity index (χ2v) is 32.6. The number of aliphatic hydroxyl groups excluding tert-OH is 1. The monoisotopic (exact) mass is 1540 g/mol. The van der Waals surface area contributed by atoms with Crippen LogP contribution in [0.2, 0.25) is 0 Å². The molecule has 0 aromatic heterocycles. The maximum absolute atomic E-state index is 15.6. The molecule has 0 spiro atoms. The largest absolute Gasteiger partial charge is 0.391 e. The van der Waals surface area contributed by atoms with Crippen LogP contribution < -0.4 is 26.6 Å². The standard InChI is InChI=1S/C81H128N14O15/c1-22-52(10)68-71(101)83-54(12)72(102)90(18)63(45-57-35-28-24-29-36-57)75(105)89(17)59(44-56-33-26-23-27-34-56)70(100)86-67(55(13)96)79(109)92(20)62(43-50(6)7)77(107)95-40-32-37-81(95,14)80(110)84-58(73(103)94-38-30-25-31-39-94)46-64(97)82-53(11)69(99)85-66(51(8)9)78(108)91(19)60(41-48(2)3)74(104)87(15)47-65(98)88(16)61(42-49(4)5)76(106)93(68)21/h23-24,26-29,33-36,48-55,58-63,66-68,96H,22,25,30-32,37-47H2,1-21H3,(H,82,97)(H,83,101)(H,84,110)(H,85,99)(H,86,100)/t52-,53-,54-,55+,58-,59-,60-,61-,62-,63-,66-,67-,68-,81?/m0/s1. The Morgan fingerprint density at radius 2 is 0.945 bits per heavy atom. The Balaban J connectivity index is 1.66. The van der Waals surface area contributed by atoms with Crippen molar-refractivity contribution < 1.29 is 72.2 Å². The number of fused-ring (bicyclic) bond motifs is 1. The van der Waals surface area contributed by atoms with Crippen molar-refractivity contribution in [2.24, 2.45) is 29.6 Å². The minimum atomic E-state index is -1.74. The van der Waals surface area contributed by atoms with E-state index in [1.165, 1.54) is 111 Å². The lowest BCUT2D eigenvalue weighted by molar-refractivity contribution is -0.154. The Labute approximate surface area is 651 Å². The lowest BCUT2D eigenvalue weighted by atomic mass is 9.94. The van der Waals surface area contributed by atoms with Gasteiger partial charge in [0.25, 0.3) is 0 Å². The number of piperidine rings is 1. The van der Waals surface area contributed by atoms with E-state index in [0.29, 0.717) is 49.9 Å². The summed E-state index contributed by atoms with van der Waals surface area (Å²) in [7, 11) is 9.86. The van der Waals surface area contributed by atoms with Gasteiger partial charge in [0.15, 0.2) is 0 Å². The average Bonchev–Trinajstić information content (AvgIpc) is 1.58. The number of likely N-dealkylation sites (tertiary alicyclic amines) is 1. The van der Waals surface area contributed by atoms with Gasteiger partial charge in [-0.2, -0.15) is 0 Å². The summed E-state index contributed by atoms with van der Waals surface area (Å²) in [6, 6.07) is 2.74. The van der Waals surface area contributed by atoms with Gasteiger partial charge in [-0.05, 0) is 120 Å². The van der Waals surface area contributed by atoms with E-state index in [1.807, 2.05) is 48.5 Å². The molecule has 6 N–H and O–H groups in total. The molecule has 110 heavy (non-hydrogen) atoms. The van der Waals surface area contributed by atoms with Gasteiger partial charge in [-0.15, -0.1) is 0 Å². The highest BCUT2D eigenvalue weighted by molar-refractivity contribution is 6.02. The van der Waals surface area contributed by atoms with E-state index in [-0.39, 0.29) is 62.8 Å². The molecule has 14 amide bonds.